The lowest BCUT2D eigenvalue weighted by Gasteiger charge is -2.17. The minimum Gasteiger partial charge on any atom is -0.340 e. The second kappa shape index (κ2) is 6.50. The van der Waals surface area contributed by atoms with Gasteiger partial charge in [0.05, 0.1) is 11.6 Å². The topological polar surface area (TPSA) is 73.2 Å². The second-order valence-electron chi connectivity index (χ2n) is 5.47. The quantitative estimate of drug-likeness (QED) is 0.941. The molecule has 0 aliphatic carbocycles. The molecular weight excluding hydrogens is 309 g/mol. The molecule has 1 fully saturated rings. The third-order valence-corrected chi connectivity index (χ3v) is 3.93. The normalized spacial score (nSPS) is 16.8. The van der Waals surface area contributed by atoms with Crippen LogP contribution in [0.3, 0.4) is 0 Å². The van der Waals surface area contributed by atoms with Gasteiger partial charge in [0.25, 0.3) is 5.91 Å². The van der Waals surface area contributed by atoms with Gasteiger partial charge in [-0.3, -0.25) is 9.59 Å². The summed E-state index contributed by atoms with van der Waals surface area (Å²) >= 11 is 0. The molecule has 5 nitrogen and oxygen atoms in total. The number of nitriles is 1. The molecule has 1 saturated heterocycles. The van der Waals surface area contributed by atoms with E-state index < -0.39 is 6.04 Å². The SMILES string of the molecule is N#Cc1ccc(C(=O)N[C@@H]2CCN(c3ccc(F)cc3)C2=O)cc1. The van der Waals surface area contributed by atoms with Crippen molar-refractivity contribution in [3.05, 3.63) is 65.5 Å². The van der Waals surface area contributed by atoms with Crippen molar-refractivity contribution < 1.29 is 14.0 Å². The Morgan fingerprint density at radius 1 is 1.17 bits per heavy atom. The summed E-state index contributed by atoms with van der Waals surface area (Å²) in [6.45, 7) is 0.461. The highest BCUT2D eigenvalue weighted by Crippen LogP contribution is 2.22. The molecule has 1 N–H and O–H groups in total. The highest BCUT2D eigenvalue weighted by Gasteiger charge is 2.33. The Morgan fingerprint density at radius 2 is 1.83 bits per heavy atom. The smallest absolute Gasteiger partial charge is 0.251 e. The number of amides is 2. The standard InChI is InChI=1S/C18H14FN3O2/c19-14-5-7-15(8-6-14)22-10-9-16(18(22)24)21-17(23)13-3-1-12(11-20)2-4-13/h1-8,16H,9-10H2,(H,21,23)/t16-/m1/s1. The van der Waals surface area contributed by atoms with E-state index in [1.807, 2.05) is 6.07 Å². The van der Waals surface area contributed by atoms with Crippen LogP contribution in [0.15, 0.2) is 48.5 Å². The largest absolute Gasteiger partial charge is 0.340 e. The van der Waals surface area contributed by atoms with Crippen LogP contribution in [0.4, 0.5) is 10.1 Å². The number of benzene rings is 2. The number of hydrogen-bond donors (Lipinski definition) is 1. The van der Waals surface area contributed by atoms with Gasteiger partial charge < -0.3 is 10.2 Å². The van der Waals surface area contributed by atoms with E-state index in [1.54, 1.807) is 24.3 Å². The van der Waals surface area contributed by atoms with Gasteiger partial charge in [-0.1, -0.05) is 0 Å². The van der Waals surface area contributed by atoms with Crippen molar-refractivity contribution in [2.24, 2.45) is 0 Å². The van der Waals surface area contributed by atoms with Crippen LogP contribution in [0, 0.1) is 17.1 Å². The maximum atomic E-state index is 13.0. The molecular formula is C18H14FN3O2. The molecule has 3 rings (SSSR count). The fourth-order valence-corrected chi connectivity index (χ4v) is 2.63. The van der Waals surface area contributed by atoms with Gasteiger partial charge in [-0.25, -0.2) is 4.39 Å². The number of carbonyl (C=O) groups excluding carboxylic acids is 2. The molecule has 2 aromatic carbocycles. The number of carbonyl (C=O) groups is 2. The molecule has 24 heavy (non-hydrogen) atoms. The fourth-order valence-electron chi connectivity index (χ4n) is 2.63. The van der Waals surface area contributed by atoms with Crippen molar-refractivity contribution >= 4 is 17.5 Å². The lowest BCUT2D eigenvalue weighted by Crippen LogP contribution is -2.41. The van der Waals surface area contributed by atoms with Crippen LogP contribution < -0.4 is 10.2 Å². The van der Waals surface area contributed by atoms with Crippen molar-refractivity contribution in [1.29, 1.82) is 5.26 Å². The molecule has 1 atom stereocenters. The van der Waals surface area contributed by atoms with Crippen LogP contribution >= 0.6 is 0 Å². The minimum absolute atomic E-state index is 0.219. The van der Waals surface area contributed by atoms with Gasteiger partial charge in [0, 0.05) is 17.8 Å². The van der Waals surface area contributed by atoms with E-state index in [0.717, 1.165) is 0 Å². The van der Waals surface area contributed by atoms with Crippen LogP contribution in [0.5, 0.6) is 0 Å². The molecule has 1 aliphatic rings. The summed E-state index contributed by atoms with van der Waals surface area (Å²) in [6.07, 6.45) is 0.484. The van der Waals surface area contributed by atoms with E-state index in [0.29, 0.717) is 29.8 Å². The highest BCUT2D eigenvalue weighted by atomic mass is 19.1. The monoisotopic (exact) mass is 323 g/mol. The zero-order valence-electron chi connectivity index (χ0n) is 12.7. The van der Waals surface area contributed by atoms with Crippen molar-refractivity contribution in [1.82, 2.24) is 5.32 Å². The molecule has 1 heterocycles. The molecule has 6 heteroatoms. The molecule has 2 aromatic rings. The molecule has 0 bridgehead atoms. The van der Waals surface area contributed by atoms with Crippen molar-refractivity contribution in [3.63, 3.8) is 0 Å². The Bertz CT molecular complexity index is 810. The Kier molecular flexibility index (Phi) is 4.25. The summed E-state index contributed by atoms with van der Waals surface area (Å²) in [5.41, 5.74) is 1.46. The first-order valence-electron chi connectivity index (χ1n) is 7.46. The first-order valence-corrected chi connectivity index (χ1v) is 7.46. The van der Waals surface area contributed by atoms with E-state index in [9.17, 15) is 14.0 Å². The summed E-state index contributed by atoms with van der Waals surface area (Å²) in [5.74, 6) is -0.946. The van der Waals surface area contributed by atoms with Gasteiger partial charge in [-0.05, 0) is 55.0 Å². The summed E-state index contributed by atoms with van der Waals surface area (Å²) in [4.78, 5) is 26.2. The number of anilines is 1. The van der Waals surface area contributed by atoms with Gasteiger partial charge in [0.15, 0.2) is 0 Å². The van der Waals surface area contributed by atoms with E-state index in [-0.39, 0.29) is 17.6 Å². The lowest BCUT2D eigenvalue weighted by molar-refractivity contribution is -0.118. The Morgan fingerprint density at radius 3 is 2.46 bits per heavy atom. The van der Waals surface area contributed by atoms with Gasteiger partial charge >= 0.3 is 0 Å². The predicted octanol–water partition coefficient (Wildman–Crippen LogP) is 2.23. The molecule has 0 radical (unpaired) electrons. The zero-order chi connectivity index (χ0) is 17.1. The van der Waals surface area contributed by atoms with Crippen molar-refractivity contribution in [2.45, 2.75) is 12.5 Å². The van der Waals surface area contributed by atoms with Crippen molar-refractivity contribution in [3.8, 4) is 6.07 Å². The summed E-state index contributed by atoms with van der Waals surface area (Å²) < 4.78 is 13.0. The molecule has 0 saturated carbocycles. The predicted molar refractivity (Wildman–Crippen MR) is 85.8 cm³/mol. The van der Waals surface area contributed by atoms with Gasteiger partial charge in [0.1, 0.15) is 11.9 Å². The lowest BCUT2D eigenvalue weighted by atomic mass is 10.1. The van der Waals surface area contributed by atoms with E-state index in [4.69, 9.17) is 5.26 Å². The third kappa shape index (κ3) is 3.10. The number of nitrogens with zero attached hydrogens (tertiary/aromatic N) is 2. The molecule has 1 aliphatic heterocycles. The Hall–Kier alpha value is -3.20. The number of rotatable bonds is 3. The van der Waals surface area contributed by atoms with E-state index >= 15 is 0 Å². The van der Waals surface area contributed by atoms with Crippen LogP contribution in [-0.4, -0.2) is 24.4 Å². The van der Waals surface area contributed by atoms with Crippen LogP contribution in [-0.2, 0) is 4.79 Å². The molecule has 2 amide bonds. The third-order valence-electron chi connectivity index (χ3n) is 3.93. The van der Waals surface area contributed by atoms with E-state index in [2.05, 4.69) is 5.32 Å². The first-order chi connectivity index (χ1) is 11.6. The highest BCUT2D eigenvalue weighted by molar-refractivity contribution is 6.03. The van der Waals surface area contributed by atoms with Crippen molar-refractivity contribution in [2.75, 3.05) is 11.4 Å². The number of nitrogens with one attached hydrogen (secondary N) is 1. The minimum atomic E-state index is -0.613. The van der Waals surface area contributed by atoms with Gasteiger partial charge in [0.2, 0.25) is 5.91 Å². The molecule has 120 valence electrons. The molecule has 0 aromatic heterocycles. The average molecular weight is 323 g/mol. The summed E-state index contributed by atoms with van der Waals surface area (Å²) in [7, 11) is 0. The van der Waals surface area contributed by atoms with Crippen LogP contribution in [0.2, 0.25) is 0 Å². The van der Waals surface area contributed by atoms with Gasteiger partial charge in [-0.2, -0.15) is 5.26 Å². The zero-order valence-corrected chi connectivity index (χ0v) is 12.7. The maximum absolute atomic E-state index is 13.0. The number of hydrogen-bond acceptors (Lipinski definition) is 3. The summed E-state index contributed by atoms with van der Waals surface area (Å²) in [6, 6.07) is 13.2. The first kappa shape index (κ1) is 15.7. The maximum Gasteiger partial charge on any atom is 0.251 e. The Labute approximate surface area is 138 Å². The van der Waals surface area contributed by atoms with E-state index in [1.165, 1.54) is 29.2 Å². The molecule has 0 unspecified atom stereocenters. The van der Waals surface area contributed by atoms with Gasteiger partial charge in [-0.15, -0.1) is 0 Å². The van der Waals surface area contributed by atoms with Crippen LogP contribution in [0.1, 0.15) is 22.3 Å². The van der Waals surface area contributed by atoms with Crippen LogP contribution in [0.25, 0.3) is 0 Å². The Balaban J connectivity index is 1.68. The fraction of sp³-hybridized carbons (Fsp3) is 0.167. The summed E-state index contributed by atoms with van der Waals surface area (Å²) in [5, 5.41) is 11.5. The molecule has 0 spiro atoms. The second-order valence-corrected chi connectivity index (χ2v) is 5.47. The number of halogens is 1. The average Bonchev–Trinajstić information content (AvgIpc) is 2.96.